The maximum Gasteiger partial charge on any atom is 0.251 e. The first kappa shape index (κ1) is 13.5. The van der Waals surface area contributed by atoms with Gasteiger partial charge < -0.3 is 9.88 Å². The van der Waals surface area contributed by atoms with Gasteiger partial charge in [-0.2, -0.15) is 0 Å². The quantitative estimate of drug-likeness (QED) is 0.871. The minimum Gasteiger partial charge on any atom is -0.342 e. The standard InChI is InChI=1S/C13H15ClN4O/c1-9(12-17-15-8-18(12)2)16-13(19)11-5-3-10(7-14)4-6-11/h3-6,8-9H,7H2,1-2H3,(H,16,19). The number of halogens is 1. The molecule has 0 aliphatic rings. The monoisotopic (exact) mass is 278 g/mol. The maximum absolute atomic E-state index is 12.1. The summed E-state index contributed by atoms with van der Waals surface area (Å²) < 4.78 is 1.78. The first-order valence-corrected chi connectivity index (χ1v) is 6.45. The van der Waals surface area contributed by atoms with Gasteiger partial charge in [-0.05, 0) is 24.6 Å². The van der Waals surface area contributed by atoms with Gasteiger partial charge in [0.15, 0.2) is 5.82 Å². The summed E-state index contributed by atoms with van der Waals surface area (Å²) in [6.45, 7) is 1.87. The number of hydrogen-bond acceptors (Lipinski definition) is 3. The molecule has 0 aliphatic heterocycles. The molecule has 0 spiro atoms. The summed E-state index contributed by atoms with van der Waals surface area (Å²) in [5.41, 5.74) is 1.59. The Balaban J connectivity index is 2.06. The van der Waals surface area contributed by atoms with E-state index in [-0.39, 0.29) is 11.9 Å². The molecular formula is C13H15ClN4O. The number of nitrogens with zero attached hydrogens (tertiary/aromatic N) is 3. The minimum atomic E-state index is -0.201. The Morgan fingerprint density at radius 3 is 2.63 bits per heavy atom. The third-order valence-corrected chi connectivity index (χ3v) is 3.16. The number of amides is 1. The van der Waals surface area contributed by atoms with E-state index in [1.165, 1.54) is 0 Å². The fourth-order valence-electron chi connectivity index (χ4n) is 1.77. The van der Waals surface area contributed by atoms with Gasteiger partial charge in [0.05, 0.1) is 6.04 Å². The largest absolute Gasteiger partial charge is 0.342 e. The lowest BCUT2D eigenvalue weighted by atomic mass is 10.1. The molecule has 1 amide bonds. The molecule has 2 rings (SSSR count). The van der Waals surface area contributed by atoms with Gasteiger partial charge in [-0.25, -0.2) is 0 Å². The Morgan fingerprint density at radius 2 is 2.11 bits per heavy atom. The van der Waals surface area contributed by atoms with Crippen molar-refractivity contribution in [2.75, 3.05) is 0 Å². The first-order valence-electron chi connectivity index (χ1n) is 5.91. The van der Waals surface area contributed by atoms with Crippen molar-refractivity contribution in [2.24, 2.45) is 7.05 Å². The van der Waals surface area contributed by atoms with Crippen LogP contribution in [0.5, 0.6) is 0 Å². The second-order valence-corrected chi connectivity index (χ2v) is 4.59. The number of alkyl halides is 1. The SMILES string of the molecule is CC(NC(=O)c1ccc(CCl)cc1)c1nncn1C. The van der Waals surface area contributed by atoms with E-state index in [0.717, 1.165) is 5.56 Å². The van der Waals surface area contributed by atoms with E-state index in [4.69, 9.17) is 11.6 Å². The van der Waals surface area contributed by atoms with E-state index in [0.29, 0.717) is 17.3 Å². The van der Waals surface area contributed by atoms with Gasteiger partial charge in [0.25, 0.3) is 5.91 Å². The molecule has 0 radical (unpaired) electrons. The average Bonchev–Trinajstić information content (AvgIpc) is 2.85. The number of aromatic nitrogens is 3. The highest BCUT2D eigenvalue weighted by molar-refractivity contribution is 6.17. The average molecular weight is 279 g/mol. The van der Waals surface area contributed by atoms with Gasteiger partial charge in [-0.1, -0.05) is 12.1 Å². The number of carbonyl (C=O) groups is 1. The lowest BCUT2D eigenvalue weighted by Gasteiger charge is -2.13. The topological polar surface area (TPSA) is 59.8 Å². The van der Waals surface area contributed by atoms with Crippen molar-refractivity contribution in [1.29, 1.82) is 0 Å². The molecule has 19 heavy (non-hydrogen) atoms. The van der Waals surface area contributed by atoms with Crippen LogP contribution in [0.4, 0.5) is 0 Å². The number of carbonyl (C=O) groups excluding carboxylic acids is 1. The van der Waals surface area contributed by atoms with Gasteiger partial charge in [0, 0.05) is 18.5 Å². The van der Waals surface area contributed by atoms with Gasteiger partial charge >= 0.3 is 0 Å². The second-order valence-electron chi connectivity index (χ2n) is 4.33. The van der Waals surface area contributed by atoms with Gasteiger partial charge in [0.1, 0.15) is 6.33 Å². The highest BCUT2D eigenvalue weighted by atomic mass is 35.5. The highest BCUT2D eigenvalue weighted by Gasteiger charge is 2.15. The summed E-state index contributed by atoms with van der Waals surface area (Å²) in [6, 6.07) is 7.00. The van der Waals surface area contributed by atoms with Crippen LogP contribution in [0.15, 0.2) is 30.6 Å². The lowest BCUT2D eigenvalue weighted by Crippen LogP contribution is -2.28. The number of nitrogens with one attached hydrogen (secondary N) is 1. The summed E-state index contributed by atoms with van der Waals surface area (Å²) in [5, 5.41) is 10.6. The second kappa shape index (κ2) is 5.84. The maximum atomic E-state index is 12.1. The molecule has 0 aliphatic carbocycles. The zero-order valence-electron chi connectivity index (χ0n) is 10.8. The minimum absolute atomic E-state index is 0.142. The number of hydrogen-bond donors (Lipinski definition) is 1. The van der Waals surface area contributed by atoms with Crippen molar-refractivity contribution in [3.05, 3.63) is 47.5 Å². The molecule has 0 fully saturated rings. The molecule has 0 saturated heterocycles. The smallest absolute Gasteiger partial charge is 0.251 e. The van der Waals surface area contributed by atoms with Crippen molar-refractivity contribution < 1.29 is 4.79 Å². The molecule has 1 heterocycles. The molecule has 100 valence electrons. The molecular weight excluding hydrogens is 264 g/mol. The van der Waals surface area contributed by atoms with Crippen LogP contribution < -0.4 is 5.32 Å². The van der Waals surface area contributed by atoms with E-state index in [1.54, 1.807) is 23.0 Å². The molecule has 6 heteroatoms. The van der Waals surface area contributed by atoms with Crippen LogP contribution in [0.1, 0.15) is 34.7 Å². The summed E-state index contributed by atoms with van der Waals surface area (Å²) in [7, 11) is 1.84. The Hall–Kier alpha value is -1.88. The van der Waals surface area contributed by atoms with Crippen molar-refractivity contribution >= 4 is 17.5 Å². The molecule has 1 aromatic heterocycles. The van der Waals surface area contributed by atoms with E-state index in [1.807, 2.05) is 26.1 Å². The fraction of sp³-hybridized carbons (Fsp3) is 0.308. The molecule has 0 saturated carbocycles. The van der Waals surface area contributed by atoms with E-state index in [2.05, 4.69) is 15.5 Å². The molecule has 1 unspecified atom stereocenters. The Bertz CT molecular complexity index is 564. The summed E-state index contributed by atoms with van der Waals surface area (Å²) in [5.74, 6) is 1.01. The van der Waals surface area contributed by atoms with Gasteiger partial charge in [-0.15, -0.1) is 21.8 Å². The van der Waals surface area contributed by atoms with Crippen molar-refractivity contribution in [3.8, 4) is 0 Å². The third kappa shape index (κ3) is 3.12. The summed E-state index contributed by atoms with van der Waals surface area (Å²) in [6.07, 6.45) is 1.60. The Kier molecular flexibility index (Phi) is 4.16. The zero-order chi connectivity index (χ0) is 13.8. The normalized spacial score (nSPS) is 12.2. The predicted molar refractivity (Wildman–Crippen MR) is 72.9 cm³/mol. The summed E-state index contributed by atoms with van der Waals surface area (Å²) >= 11 is 5.71. The van der Waals surface area contributed by atoms with Gasteiger partial charge in [-0.3, -0.25) is 4.79 Å². The first-order chi connectivity index (χ1) is 9.11. The van der Waals surface area contributed by atoms with E-state index in [9.17, 15) is 4.79 Å². The van der Waals surface area contributed by atoms with Crippen LogP contribution in [-0.4, -0.2) is 20.7 Å². The molecule has 5 nitrogen and oxygen atoms in total. The van der Waals surface area contributed by atoms with Crippen molar-refractivity contribution in [3.63, 3.8) is 0 Å². The van der Waals surface area contributed by atoms with Crippen LogP contribution in [0.3, 0.4) is 0 Å². The zero-order valence-corrected chi connectivity index (χ0v) is 11.6. The Morgan fingerprint density at radius 1 is 1.42 bits per heavy atom. The van der Waals surface area contributed by atoms with Crippen molar-refractivity contribution in [2.45, 2.75) is 18.8 Å². The fourth-order valence-corrected chi connectivity index (χ4v) is 1.95. The van der Waals surface area contributed by atoms with Crippen LogP contribution in [0.2, 0.25) is 0 Å². The van der Waals surface area contributed by atoms with Crippen molar-refractivity contribution in [1.82, 2.24) is 20.1 Å². The van der Waals surface area contributed by atoms with E-state index < -0.39 is 0 Å². The number of rotatable bonds is 4. The predicted octanol–water partition coefficient (Wildman–Crippen LogP) is 2.04. The Labute approximate surface area is 116 Å². The molecule has 0 bridgehead atoms. The lowest BCUT2D eigenvalue weighted by molar-refractivity contribution is 0.0938. The third-order valence-electron chi connectivity index (χ3n) is 2.85. The highest BCUT2D eigenvalue weighted by Crippen LogP contribution is 2.11. The van der Waals surface area contributed by atoms with E-state index >= 15 is 0 Å². The summed E-state index contributed by atoms with van der Waals surface area (Å²) in [4.78, 5) is 12.1. The van der Waals surface area contributed by atoms with Crippen LogP contribution in [0.25, 0.3) is 0 Å². The van der Waals surface area contributed by atoms with Crippen LogP contribution >= 0.6 is 11.6 Å². The molecule has 1 atom stereocenters. The van der Waals surface area contributed by atoms with Gasteiger partial charge in [0.2, 0.25) is 0 Å². The van der Waals surface area contributed by atoms with Crippen LogP contribution in [0, 0.1) is 0 Å². The van der Waals surface area contributed by atoms with Crippen LogP contribution in [-0.2, 0) is 12.9 Å². The number of benzene rings is 1. The molecule has 1 N–H and O–H groups in total. The molecule has 2 aromatic rings. The molecule has 1 aromatic carbocycles. The number of aryl methyl sites for hydroxylation is 1.